The molecule has 0 spiro atoms. The van der Waals surface area contributed by atoms with Crippen molar-refractivity contribution in [1.82, 2.24) is 5.32 Å². The fourth-order valence-electron chi connectivity index (χ4n) is 0.668. The molecular formula is C8H10N3O3-. The Hall–Kier alpha value is -2.03. The molecule has 0 aromatic rings. The number of primary amides is 1. The van der Waals surface area contributed by atoms with Gasteiger partial charge in [0.05, 0.1) is 0 Å². The van der Waals surface area contributed by atoms with E-state index in [1.54, 1.807) is 6.07 Å². The Bertz CT molecular complexity index is 291. The molecule has 0 bridgehead atoms. The highest BCUT2D eigenvalue weighted by atomic mass is 16.4. The summed E-state index contributed by atoms with van der Waals surface area (Å²) in [7, 11) is 0. The van der Waals surface area contributed by atoms with Gasteiger partial charge in [0, 0.05) is 18.7 Å². The Kier molecular flexibility index (Phi) is 5.54. The van der Waals surface area contributed by atoms with Crippen LogP contribution >= 0.6 is 0 Å². The minimum absolute atomic E-state index is 0.0701. The molecule has 0 aromatic heterocycles. The number of nitrogens with one attached hydrogen (secondary N) is 1. The predicted molar refractivity (Wildman–Crippen MR) is 45.1 cm³/mol. The van der Waals surface area contributed by atoms with Crippen molar-refractivity contribution in [3.63, 3.8) is 0 Å². The maximum atomic E-state index is 10.5. The minimum Gasteiger partial charge on any atom is -0.550 e. The van der Waals surface area contributed by atoms with Crippen molar-refractivity contribution in [1.29, 1.82) is 5.26 Å². The summed E-state index contributed by atoms with van der Waals surface area (Å²) in [6.07, 6.45) is 1.45. The standard InChI is InChI=1S/C8H11N3O3/c9-4-6(8(10)14)5-11-3-1-2-7(12)13/h5,11H,1-3H2,(H2,10,14)(H,12,13)/p-1/b6-5-. The molecule has 3 N–H and O–H groups in total. The summed E-state index contributed by atoms with van der Waals surface area (Å²) >= 11 is 0. The average Bonchev–Trinajstić information content (AvgIpc) is 2.10. The third-order valence-electron chi connectivity index (χ3n) is 1.33. The van der Waals surface area contributed by atoms with Crippen molar-refractivity contribution in [2.24, 2.45) is 5.73 Å². The van der Waals surface area contributed by atoms with Crippen LogP contribution in [-0.2, 0) is 9.59 Å². The number of carbonyl (C=O) groups excluding carboxylic acids is 2. The Labute approximate surface area is 81.0 Å². The quantitative estimate of drug-likeness (QED) is 0.289. The average molecular weight is 196 g/mol. The molecule has 0 fully saturated rings. The van der Waals surface area contributed by atoms with E-state index in [-0.39, 0.29) is 12.0 Å². The van der Waals surface area contributed by atoms with Crippen LogP contribution in [-0.4, -0.2) is 18.4 Å². The van der Waals surface area contributed by atoms with E-state index in [1.165, 1.54) is 0 Å². The SMILES string of the molecule is N#C/C(=C/NCCCC(=O)[O-])C(N)=O. The second-order valence-electron chi connectivity index (χ2n) is 2.46. The van der Waals surface area contributed by atoms with Crippen LogP contribution in [0.3, 0.4) is 0 Å². The third-order valence-corrected chi connectivity index (χ3v) is 1.33. The van der Waals surface area contributed by atoms with Crippen LogP contribution in [0, 0.1) is 11.3 Å². The fourth-order valence-corrected chi connectivity index (χ4v) is 0.668. The van der Waals surface area contributed by atoms with Gasteiger partial charge in [0.25, 0.3) is 5.91 Å². The van der Waals surface area contributed by atoms with Crippen LogP contribution in [0.4, 0.5) is 0 Å². The summed E-state index contributed by atoms with van der Waals surface area (Å²) in [5.41, 5.74) is 4.64. The van der Waals surface area contributed by atoms with Gasteiger partial charge in [0.2, 0.25) is 0 Å². The molecule has 0 aliphatic heterocycles. The van der Waals surface area contributed by atoms with E-state index in [9.17, 15) is 14.7 Å². The molecule has 0 rings (SSSR count). The molecule has 0 aliphatic carbocycles. The first-order valence-corrected chi connectivity index (χ1v) is 3.91. The topological polar surface area (TPSA) is 119 Å². The number of amides is 1. The number of carboxylic acid groups (broad SMARTS) is 1. The third kappa shape index (κ3) is 5.60. The van der Waals surface area contributed by atoms with Gasteiger partial charge in [-0.2, -0.15) is 5.26 Å². The van der Waals surface area contributed by atoms with Crippen LogP contribution in [0.1, 0.15) is 12.8 Å². The molecule has 0 radical (unpaired) electrons. The molecule has 0 aromatic carbocycles. The molecule has 0 saturated carbocycles. The van der Waals surface area contributed by atoms with Crippen molar-refractivity contribution in [3.8, 4) is 6.07 Å². The minimum atomic E-state index is -1.13. The van der Waals surface area contributed by atoms with Gasteiger partial charge < -0.3 is 21.0 Å². The lowest BCUT2D eigenvalue weighted by Gasteiger charge is -2.01. The van der Waals surface area contributed by atoms with Crippen LogP contribution in [0.25, 0.3) is 0 Å². The normalized spacial score (nSPS) is 10.4. The van der Waals surface area contributed by atoms with Crippen molar-refractivity contribution >= 4 is 11.9 Å². The van der Waals surface area contributed by atoms with E-state index in [2.05, 4.69) is 5.32 Å². The summed E-state index contributed by atoms with van der Waals surface area (Å²) < 4.78 is 0. The number of carboxylic acids is 1. The van der Waals surface area contributed by atoms with Crippen molar-refractivity contribution in [2.45, 2.75) is 12.8 Å². The summed E-state index contributed by atoms with van der Waals surface area (Å²) in [5, 5.41) is 21.0. The summed E-state index contributed by atoms with van der Waals surface area (Å²) in [4.78, 5) is 20.5. The van der Waals surface area contributed by atoms with Crippen molar-refractivity contribution < 1.29 is 14.7 Å². The van der Waals surface area contributed by atoms with Crippen LogP contribution < -0.4 is 16.2 Å². The highest BCUT2D eigenvalue weighted by Crippen LogP contribution is 1.88. The lowest BCUT2D eigenvalue weighted by molar-refractivity contribution is -0.305. The van der Waals surface area contributed by atoms with Gasteiger partial charge in [0.1, 0.15) is 11.6 Å². The number of rotatable bonds is 6. The summed E-state index contributed by atoms with van der Waals surface area (Å²) in [6.45, 7) is 0.340. The molecule has 6 nitrogen and oxygen atoms in total. The van der Waals surface area contributed by atoms with Crippen LogP contribution in [0.15, 0.2) is 11.8 Å². The van der Waals surface area contributed by atoms with E-state index < -0.39 is 11.9 Å². The van der Waals surface area contributed by atoms with Gasteiger partial charge in [-0.1, -0.05) is 0 Å². The first kappa shape index (κ1) is 12.0. The number of nitriles is 1. The predicted octanol–water partition coefficient (Wildman–Crippen LogP) is -2.00. The van der Waals surface area contributed by atoms with Crippen molar-refractivity contribution in [2.75, 3.05) is 6.54 Å². The highest BCUT2D eigenvalue weighted by molar-refractivity contribution is 5.95. The number of nitrogens with two attached hydrogens (primary N) is 1. The molecular weight excluding hydrogens is 186 g/mol. The fraction of sp³-hybridized carbons (Fsp3) is 0.375. The maximum absolute atomic E-state index is 10.5. The zero-order valence-corrected chi connectivity index (χ0v) is 7.45. The van der Waals surface area contributed by atoms with Crippen molar-refractivity contribution in [3.05, 3.63) is 11.8 Å². The maximum Gasteiger partial charge on any atom is 0.260 e. The smallest absolute Gasteiger partial charge is 0.260 e. The largest absolute Gasteiger partial charge is 0.550 e. The zero-order valence-electron chi connectivity index (χ0n) is 7.45. The molecule has 76 valence electrons. The molecule has 0 unspecified atom stereocenters. The number of aliphatic carboxylic acids is 1. The highest BCUT2D eigenvalue weighted by Gasteiger charge is 2.00. The Morgan fingerprint density at radius 1 is 1.57 bits per heavy atom. The lowest BCUT2D eigenvalue weighted by atomic mass is 10.3. The van der Waals surface area contributed by atoms with Crippen LogP contribution in [0.2, 0.25) is 0 Å². The monoisotopic (exact) mass is 196 g/mol. The molecule has 6 heteroatoms. The molecule has 0 saturated heterocycles. The van der Waals surface area contributed by atoms with Gasteiger partial charge in [-0.25, -0.2) is 0 Å². The van der Waals surface area contributed by atoms with E-state index >= 15 is 0 Å². The summed E-state index contributed by atoms with van der Waals surface area (Å²) in [5.74, 6) is -1.95. The number of hydrogen-bond acceptors (Lipinski definition) is 5. The van der Waals surface area contributed by atoms with Gasteiger partial charge >= 0.3 is 0 Å². The Morgan fingerprint density at radius 3 is 2.64 bits per heavy atom. The van der Waals surface area contributed by atoms with E-state index in [4.69, 9.17) is 11.0 Å². The molecule has 14 heavy (non-hydrogen) atoms. The number of carbonyl (C=O) groups is 2. The summed E-state index contributed by atoms with van der Waals surface area (Å²) in [6, 6.07) is 1.60. The zero-order chi connectivity index (χ0) is 11.0. The van der Waals surface area contributed by atoms with E-state index in [0.717, 1.165) is 6.20 Å². The second kappa shape index (κ2) is 6.48. The number of hydrogen-bond donors (Lipinski definition) is 2. The van der Waals surface area contributed by atoms with E-state index in [0.29, 0.717) is 13.0 Å². The van der Waals surface area contributed by atoms with Gasteiger partial charge in [-0.3, -0.25) is 4.79 Å². The first-order chi connectivity index (χ1) is 6.57. The first-order valence-electron chi connectivity index (χ1n) is 3.91. The molecule has 1 amide bonds. The second-order valence-corrected chi connectivity index (χ2v) is 2.46. The lowest BCUT2D eigenvalue weighted by Crippen LogP contribution is -2.23. The molecule has 0 heterocycles. The Morgan fingerprint density at radius 2 is 2.21 bits per heavy atom. The van der Waals surface area contributed by atoms with Crippen LogP contribution in [0.5, 0.6) is 0 Å². The molecule has 0 aliphatic rings. The molecule has 0 atom stereocenters. The Balaban J connectivity index is 3.76. The van der Waals surface area contributed by atoms with Gasteiger partial charge in [0.15, 0.2) is 0 Å². The van der Waals surface area contributed by atoms with E-state index in [1.807, 2.05) is 0 Å². The van der Waals surface area contributed by atoms with Gasteiger partial charge in [-0.15, -0.1) is 0 Å². The number of nitrogens with zero attached hydrogens (tertiary/aromatic N) is 1. The van der Waals surface area contributed by atoms with Gasteiger partial charge in [-0.05, 0) is 12.8 Å².